The Hall–Kier alpha value is -0.660. The lowest BCUT2D eigenvalue weighted by Gasteiger charge is -2.28. The first-order chi connectivity index (χ1) is 8.62. The number of hydrogen-bond acceptors (Lipinski definition) is 4. The minimum Gasteiger partial charge on any atom is -0.459 e. The van der Waals surface area contributed by atoms with Crippen LogP contribution in [0.1, 0.15) is 47.0 Å². The molecule has 1 saturated heterocycles. The maximum Gasteiger partial charge on any atom is 0.324 e. The molecule has 0 radical (unpaired) electrons. The molecule has 0 bridgehead atoms. The van der Waals surface area contributed by atoms with Crippen LogP contribution in [0.3, 0.4) is 0 Å². The molecule has 112 valence electrons. The van der Waals surface area contributed by atoms with Gasteiger partial charge in [-0.15, -0.1) is 0 Å². The van der Waals surface area contributed by atoms with Gasteiger partial charge in [0, 0.05) is 13.1 Å². The summed E-state index contributed by atoms with van der Waals surface area (Å²) in [7, 11) is -3.60. The van der Waals surface area contributed by atoms with Crippen molar-refractivity contribution in [1.82, 2.24) is 9.03 Å². The van der Waals surface area contributed by atoms with Gasteiger partial charge in [0.05, 0.1) is 0 Å². The summed E-state index contributed by atoms with van der Waals surface area (Å²) >= 11 is 0. The Balaban J connectivity index is 2.59. The van der Waals surface area contributed by atoms with Crippen LogP contribution >= 0.6 is 0 Å². The standard InChI is InChI=1S/C12H24N2O4S/c1-10(11(15)18-12(2,3)4)13-19(16,17)14-8-6-5-7-9-14/h10,13H,5-9H2,1-4H3/t10-/m1/s1. The molecule has 1 N–H and O–H groups in total. The fourth-order valence-corrected chi connectivity index (χ4v) is 3.27. The number of ether oxygens (including phenoxy) is 1. The number of nitrogens with one attached hydrogen (secondary N) is 1. The van der Waals surface area contributed by atoms with Crippen LogP contribution in [0.5, 0.6) is 0 Å². The summed E-state index contributed by atoms with van der Waals surface area (Å²) in [5.41, 5.74) is -0.623. The van der Waals surface area contributed by atoms with Crippen LogP contribution in [0, 0.1) is 0 Å². The number of carbonyl (C=O) groups excluding carboxylic acids is 1. The minimum absolute atomic E-state index is 0.510. The number of hydrogen-bond donors (Lipinski definition) is 1. The monoisotopic (exact) mass is 292 g/mol. The zero-order valence-corrected chi connectivity index (χ0v) is 12.9. The fraction of sp³-hybridized carbons (Fsp3) is 0.917. The van der Waals surface area contributed by atoms with Gasteiger partial charge in [-0.2, -0.15) is 17.4 Å². The second-order valence-electron chi connectivity index (χ2n) is 5.84. The highest BCUT2D eigenvalue weighted by atomic mass is 32.2. The normalized spacial score (nSPS) is 20.0. The Labute approximate surface area is 115 Å². The molecule has 6 nitrogen and oxygen atoms in total. The highest BCUT2D eigenvalue weighted by Gasteiger charge is 2.29. The third kappa shape index (κ3) is 5.46. The van der Waals surface area contributed by atoms with Crippen LogP contribution in [0.25, 0.3) is 0 Å². The molecule has 0 aromatic carbocycles. The van der Waals surface area contributed by atoms with E-state index >= 15 is 0 Å². The van der Waals surface area contributed by atoms with Gasteiger partial charge in [-0.1, -0.05) is 6.42 Å². The molecule has 7 heteroatoms. The predicted octanol–water partition coefficient (Wildman–Crippen LogP) is 1.04. The van der Waals surface area contributed by atoms with Crippen LogP contribution in [0.2, 0.25) is 0 Å². The lowest BCUT2D eigenvalue weighted by Crippen LogP contribution is -2.49. The number of carbonyl (C=O) groups is 1. The van der Waals surface area contributed by atoms with E-state index in [2.05, 4.69) is 4.72 Å². The van der Waals surface area contributed by atoms with E-state index in [0.29, 0.717) is 13.1 Å². The van der Waals surface area contributed by atoms with Crippen LogP contribution in [0.4, 0.5) is 0 Å². The molecule has 1 heterocycles. The van der Waals surface area contributed by atoms with Crippen molar-refractivity contribution in [2.75, 3.05) is 13.1 Å². The average molecular weight is 292 g/mol. The molecular formula is C12H24N2O4S. The van der Waals surface area contributed by atoms with E-state index in [9.17, 15) is 13.2 Å². The Morgan fingerprint density at radius 3 is 2.21 bits per heavy atom. The number of esters is 1. The number of nitrogens with zero attached hydrogens (tertiary/aromatic N) is 1. The van der Waals surface area contributed by atoms with Crippen molar-refractivity contribution in [3.63, 3.8) is 0 Å². The Kier molecular flexibility index (Phi) is 5.34. The smallest absolute Gasteiger partial charge is 0.324 e. The molecule has 19 heavy (non-hydrogen) atoms. The van der Waals surface area contributed by atoms with E-state index in [-0.39, 0.29) is 0 Å². The summed E-state index contributed by atoms with van der Waals surface area (Å²) in [6.07, 6.45) is 2.77. The molecule has 0 saturated carbocycles. The quantitative estimate of drug-likeness (QED) is 0.785. The molecule has 1 aliphatic heterocycles. The van der Waals surface area contributed by atoms with Crippen molar-refractivity contribution >= 4 is 16.2 Å². The summed E-state index contributed by atoms with van der Waals surface area (Å²) in [4.78, 5) is 11.8. The minimum atomic E-state index is -3.60. The first-order valence-corrected chi connectivity index (χ1v) is 8.06. The third-order valence-corrected chi connectivity index (χ3v) is 4.44. The summed E-state index contributed by atoms with van der Waals surface area (Å²) in [6.45, 7) is 7.76. The SMILES string of the molecule is C[C@@H](NS(=O)(=O)N1CCCCC1)C(=O)OC(C)(C)C. The number of piperidine rings is 1. The topological polar surface area (TPSA) is 75.7 Å². The molecule has 1 fully saturated rings. The fourth-order valence-electron chi connectivity index (χ4n) is 1.84. The molecule has 0 spiro atoms. The van der Waals surface area contributed by atoms with Gasteiger partial charge in [-0.3, -0.25) is 4.79 Å². The van der Waals surface area contributed by atoms with E-state index in [4.69, 9.17) is 4.74 Å². The summed E-state index contributed by atoms with van der Waals surface area (Å²) < 4.78 is 33.1. The predicted molar refractivity (Wildman–Crippen MR) is 72.8 cm³/mol. The summed E-state index contributed by atoms with van der Waals surface area (Å²) in [5.74, 6) is -0.562. The Bertz CT molecular complexity index is 408. The van der Waals surface area contributed by atoms with Crippen molar-refractivity contribution in [1.29, 1.82) is 0 Å². The largest absolute Gasteiger partial charge is 0.459 e. The first kappa shape index (κ1) is 16.4. The van der Waals surface area contributed by atoms with Gasteiger partial charge in [0.2, 0.25) is 0 Å². The Morgan fingerprint density at radius 1 is 1.21 bits per heavy atom. The first-order valence-electron chi connectivity index (χ1n) is 6.62. The summed E-state index contributed by atoms with van der Waals surface area (Å²) in [5, 5.41) is 0. The van der Waals surface area contributed by atoms with Crippen LogP contribution in [-0.2, 0) is 19.7 Å². The van der Waals surface area contributed by atoms with Crippen LogP contribution in [0.15, 0.2) is 0 Å². The van der Waals surface area contributed by atoms with Gasteiger partial charge in [0.1, 0.15) is 11.6 Å². The van der Waals surface area contributed by atoms with Gasteiger partial charge in [-0.05, 0) is 40.5 Å². The van der Waals surface area contributed by atoms with Crippen LogP contribution in [-0.4, -0.2) is 43.4 Å². The highest BCUT2D eigenvalue weighted by Crippen LogP contribution is 2.13. The molecule has 0 unspecified atom stereocenters. The van der Waals surface area contributed by atoms with Crippen molar-refractivity contribution in [3.8, 4) is 0 Å². The molecule has 0 aromatic rings. The average Bonchev–Trinajstić information content (AvgIpc) is 2.27. The van der Waals surface area contributed by atoms with E-state index in [0.717, 1.165) is 19.3 Å². The third-order valence-electron chi connectivity index (χ3n) is 2.74. The number of rotatable bonds is 4. The highest BCUT2D eigenvalue weighted by molar-refractivity contribution is 7.87. The molecule has 1 rings (SSSR count). The zero-order chi connectivity index (χ0) is 14.7. The maximum atomic E-state index is 12.1. The van der Waals surface area contributed by atoms with Crippen LogP contribution < -0.4 is 4.72 Å². The second-order valence-corrected chi connectivity index (χ2v) is 7.54. The van der Waals surface area contributed by atoms with E-state index in [1.54, 1.807) is 20.8 Å². The lowest BCUT2D eigenvalue weighted by atomic mass is 10.2. The van der Waals surface area contributed by atoms with Crippen molar-refractivity contribution in [2.24, 2.45) is 0 Å². The van der Waals surface area contributed by atoms with Crippen molar-refractivity contribution < 1.29 is 17.9 Å². The molecular weight excluding hydrogens is 268 g/mol. The molecule has 0 aromatic heterocycles. The van der Waals surface area contributed by atoms with Gasteiger partial charge >= 0.3 is 5.97 Å². The molecule has 0 aliphatic carbocycles. The van der Waals surface area contributed by atoms with Gasteiger partial charge in [0.15, 0.2) is 0 Å². The van der Waals surface area contributed by atoms with Crippen molar-refractivity contribution in [3.05, 3.63) is 0 Å². The Morgan fingerprint density at radius 2 is 1.74 bits per heavy atom. The zero-order valence-electron chi connectivity index (χ0n) is 12.1. The van der Waals surface area contributed by atoms with E-state index < -0.39 is 27.8 Å². The van der Waals surface area contributed by atoms with Crippen molar-refractivity contribution in [2.45, 2.75) is 58.6 Å². The second kappa shape index (κ2) is 6.19. The molecule has 1 aliphatic rings. The van der Waals surface area contributed by atoms with Gasteiger partial charge in [-0.25, -0.2) is 0 Å². The maximum absolute atomic E-state index is 12.1. The van der Waals surface area contributed by atoms with Gasteiger partial charge in [0.25, 0.3) is 10.2 Å². The molecule has 1 atom stereocenters. The lowest BCUT2D eigenvalue weighted by molar-refractivity contribution is -0.156. The summed E-state index contributed by atoms with van der Waals surface area (Å²) in [6, 6.07) is -0.883. The van der Waals surface area contributed by atoms with Gasteiger partial charge < -0.3 is 4.74 Å². The molecule has 0 amide bonds. The van der Waals surface area contributed by atoms with E-state index in [1.807, 2.05) is 0 Å². The van der Waals surface area contributed by atoms with E-state index in [1.165, 1.54) is 11.2 Å².